The predicted molar refractivity (Wildman–Crippen MR) is 76.5 cm³/mol. The standard InChI is InChI=1S/C14H12OS2/c1-8-7-11-12(16-8)3-4-13-14(11)10(5-6-15)9(2)17-13/h3-4,6-7H,5H2,1-2H3. The van der Waals surface area contributed by atoms with Crippen LogP contribution in [0.25, 0.3) is 20.2 Å². The molecule has 0 amide bonds. The summed E-state index contributed by atoms with van der Waals surface area (Å²) in [5, 5.41) is 2.60. The Morgan fingerprint density at radius 3 is 2.71 bits per heavy atom. The van der Waals surface area contributed by atoms with Gasteiger partial charge in [-0.1, -0.05) is 0 Å². The molecular formula is C14H12OS2. The van der Waals surface area contributed by atoms with E-state index < -0.39 is 0 Å². The van der Waals surface area contributed by atoms with Gasteiger partial charge in [-0.05, 0) is 37.6 Å². The summed E-state index contributed by atoms with van der Waals surface area (Å²) in [6.07, 6.45) is 1.53. The van der Waals surface area contributed by atoms with Gasteiger partial charge in [-0.2, -0.15) is 0 Å². The van der Waals surface area contributed by atoms with Crippen molar-refractivity contribution < 1.29 is 4.79 Å². The Morgan fingerprint density at radius 1 is 1.18 bits per heavy atom. The highest BCUT2D eigenvalue weighted by molar-refractivity contribution is 7.21. The molecule has 1 nitrogen and oxygen atoms in total. The van der Waals surface area contributed by atoms with Gasteiger partial charge in [0.25, 0.3) is 0 Å². The summed E-state index contributed by atoms with van der Waals surface area (Å²) >= 11 is 3.61. The number of carbonyl (C=O) groups is 1. The van der Waals surface area contributed by atoms with Crippen LogP contribution in [0.15, 0.2) is 18.2 Å². The highest BCUT2D eigenvalue weighted by atomic mass is 32.1. The van der Waals surface area contributed by atoms with Gasteiger partial charge in [0.15, 0.2) is 0 Å². The van der Waals surface area contributed by atoms with Crippen molar-refractivity contribution in [3.63, 3.8) is 0 Å². The average Bonchev–Trinajstić information content (AvgIpc) is 2.79. The number of aryl methyl sites for hydroxylation is 2. The molecule has 2 aromatic heterocycles. The van der Waals surface area contributed by atoms with Gasteiger partial charge in [-0.3, -0.25) is 0 Å². The molecule has 0 radical (unpaired) electrons. The lowest BCUT2D eigenvalue weighted by atomic mass is 10.1. The molecule has 0 bridgehead atoms. The van der Waals surface area contributed by atoms with Crippen molar-refractivity contribution in [3.8, 4) is 0 Å². The lowest BCUT2D eigenvalue weighted by Crippen LogP contribution is -1.86. The fourth-order valence-corrected chi connectivity index (χ4v) is 4.39. The maximum Gasteiger partial charge on any atom is 0.124 e. The Kier molecular flexibility index (Phi) is 2.53. The molecule has 2 heterocycles. The van der Waals surface area contributed by atoms with E-state index in [0.717, 1.165) is 6.29 Å². The summed E-state index contributed by atoms with van der Waals surface area (Å²) in [4.78, 5) is 13.4. The van der Waals surface area contributed by atoms with Gasteiger partial charge in [0, 0.05) is 36.3 Å². The van der Waals surface area contributed by atoms with E-state index in [0.29, 0.717) is 6.42 Å². The van der Waals surface area contributed by atoms with Gasteiger partial charge in [0.1, 0.15) is 6.29 Å². The van der Waals surface area contributed by atoms with Crippen LogP contribution in [0.3, 0.4) is 0 Å². The second-order valence-electron chi connectivity index (χ2n) is 4.22. The highest BCUT2D eigenvalue weighted by Crippen LogP contribution is 2.39. The molecule has 0 fully saturated rings. The summed E-state index contributed by atoms with van der Waals surface area (Å²) in [6.45, 7) is 4.24. The number of aldehydes is 1. The summed E-state index contributed by atoms with van der Waals surface area (Å²) in [6, 6.07) is 6.61. The van der Waals surface area contributed by atoms with E-state index >= 15 is 0 Å². The lowest BCUT2D eigenvalue weighted by molar-refractivity contribution is -0.107. The van der Waals surface area contributed by atoms with Crippen LogP contribution in [0.5, 0.6) is 0 Å². The van der Waals surface area contributed by atoms with Gasteiger partial charge in [-0.15, -0.1) is 22.7 Å². The minimum atomic E-state index is 0.528. The largest absolute Gasteiger partial charge is 0.303 e. The highest BCUT2D eigenvalue weighted by Gasteiger charge is 2.12. The Morgan fingerprint density at radius 2 is 1.94 bits per heavy atom. The SMILES string of the molecule is Cc1cc2c(ccc3sc(C)c(CC=O)c32)s1. The average molecular weight is 260 g/mol. The first-order chi connectivity index (χ1) is 8.20. The van der Waals surface area contributed by atoms with Gasteiger partial charge in [-0.25, -0.2) is 0 Å². The quantitative estimate of drug-likeness (QED) is 0.621. The molecular weight excluding hydrogens is 248 g/mol. The zero-order valence-electron chi connectivity index (χ0n) is 9.74. The van der Waals surface area contributed by atoms with E-state index in [2.05, 4.69) is 32.0 Å². The molecule has 0 atom stereocenters. The molecule has 0 unspecified atom stereocenters. The number of thiophene rings is 2. The monoisotopic (exact) mass is 260 g/mol. The lowest BCUT2D eigenvalue weighted by Gasteiger charge is -1.97. The molecule has 3 heteroatoms. The maximum absolute atomic E-state index is 10.8. The number of hydrogen-bond acceptors (Lipinski definition) is 3. The second kappa shape index (κ2) is 3.93. The Labute approximate surface area is 108 Å². The third-order valence-electron chi connectivity index (χ3n) is 3.06. The van der Waals surface area contributed by atoms with E-state index in [1.165, 1.54) is 35.5 Å². The number of hydrogen-bond donors (Lipinski definition) is 0. The fraction of sp³-hybridized carbons (Fsp3) is 0.214. The van der Waals surface area contributed by atoms with Crippen LogP contribution in [0.4, 0.5) is 0 Å². The van der Waals surface area contributed by atoms with Gasteiger partial charge >= 0.3 is 0 Å². The summed E-state index contributed by atoms with van der Waals surface area (Å²) < 4.78 is 2.62. The molecule has 1 aromatic carbocycles. The summed E-state index contributed by atoms with van der Waals surface area (Å²) in [5.74, 6) is 0. The Bertz CT molecular complexity index is 719. The van der Waals surface area contributed by atoms with Crippen molar-refractivity contribution in [2.45, 2.75) is 20.3 Å². The molecule has 0 saturated heterocycles. The number of fused-ring (bicyclic) bond motifs is 3. The fourth-order valence-electron chi connectivity index (χ4n) is 2.35. The Hall–Kier alpha value is -1.19. The van der Waals surface area contributed by atoms with E-state index in [9.17, 15) is 4.79 Å². The number of benzene rings is 1. The topological polar surface area (TPSA) is 17.1 Å². The first kappa shape index (κ1) is 10.9. The van der Waals surface area contributed by atoms with E-state index in [1.54, 1.807) is 11.3 Å². The van der Waals surface area contributed by atoms with Crippen LogP contribution in [0, 0.1) is 13.8 Å². The zero-order valence-corrected chi connectivity index (χ0v) is 11.4. The van der Waals surface area contributed by atoms with Crippen LogP contribution >= 0.6 is 22.7 Å². The normalized spacial score (nSPS) is 11.4. The maximum atomic E-state index is 10.8. The Balaban J connectivity index is 2.49. The van der Waals surface area contributed by atoms with Crippen molar-refractivity contribution in [1.29, 1.82) is 0 Å². The number of rotatable bonds is 2. The van der Waals surface area contributed by atoms with Crippen LogP contribution in [0.2, 0.25) is 0 Å². The van der Waals surface area contributed by atoms with E-state index in [1.807, 2.05) is 11.3 Å². The number of carbonyl (C=O) groups excluding carboxylic acids is 1. The molecule has 0 aliphatic carbocycles. The molecule has 3 rings (SSSR count). The molecule has 3 aromatic rings. The summed E-state index contributed by atoms with van der Waals surface area (Å²) in [7, 11) is 0. The van der Waals surface area contributed by atoms with Crippen LogP contribution in [0.1, 0.15) is 15.3 Å². The van der Waals surface area contributed by atoms with Crippen LogP contribution < -0.4 is 0 Å². The van der Waals surface area contributed by atoms with Gasteiger partial charge in [0.2, 0.25) is 0 Å². The van der Waals surface area contributed by atoms with Gasteiger partial charge in [0.05, 0.1) is 0 Å². The molecule has 0 aliphatic heterocycles. The van der Waals surface area contributed by atoms with Crippen molar-refractivity contribution >= 4 is 49.1 Å². The molecule has 0 N–H and O–H groups in total. The van der Waals surface area contributed by atoms with E-state index in [-0.39, 0.29) is 0 Å². The van der Waals surface area contributed by atoms with Crippen molar-refractivity contribution in [2.24, 2.45) is 0 Å². The molecule has 0 aliphatic rings. The molecule has 0 spiro atoms. The van der Waals surface area contributed by atoms with Crippen LogP contribution in [-0.2, 0) is 11.2 Å². The molecule has 0 saturated carbocycles. The van der Waals surface area contributed by atoms with Gasteiger partial charge < -0.3 is 4.79 Å². The summed E-state index contributed by atoms with van der Waals surface area (Å²) in [5.41, 5.74) is 1.21. The van der Waals surface area contributed by atoms with E-state index in [4.69, 9.17) is 0 Å². The zero-order chi connectivity index (χ0) is 12.0. The van der Waals surface area contributed by atoms with Crippen molar-refractivity contribution in [1.82, 2.24) is 0 Å². The third kappa shape index (κ3) is 1.61. The first-order valence-electron chi connectivity index (χ1n) is 5.55. The van der Waals surface area contributed by atoms with Crippen molar-refractivity contribution in [3.05, 3.63) is 33.5 Å². The first-order valence-corrected chi connectivity index (χ1v) is 7.19. The molecule has 86 valence electrons. The minimum Gasteiger partial charge on any atom is -0.303 e. The molecule has 17 heavy (non-hydrogen) atoms. The minimum absolute atomic E-state index is 0.528. The third-order valence-corrected chi connectivity index (χ3v) is 5.19. The smallest absolute Gasteiger partial charge is 0.124 e. The van der Waals surface area contributed by atoms with Crippen molar-refractivity contribution in [2.75, 3.05) is 0 Å². The predicted octanol–water partition coefficient (Wildman–Crippen LogP) is 4.47. The van der Waals surface area contributed by atoms with Crippen LogP contribution in [-0.4, -0.2) is 6.29 Å². The second-order valence-corrected chi connectivity index (χ2v) is 6.76.